The molecule has 0 saturated heterocycles. The molecule has 0 aliphatic heterocycles. The summed E-state index contributed by atoms with van der Waals surface area (Å²) in [6.07, 6.45) is -0.378. The van der Waals surface area contributed by atoms with Crippen molar-refractivity contribution in [1.82, 2.24) is 0 Å². The first kappa shape index (κ1) is 13.8. The van der Waals surface area contributed by atoms with Gasteiger partial charge in [0, 0.05) is 0 Å². The number of aliphatic carboxylic acids is 1. The molecular weight excluding hydrogens is 244 g/mol. The molecule has 1 unspecified atom stereocenters. The maximum Gasteiger partial charge on any atom is 0.306 e. The molecule has 0 aliphatic carbocycles. The topological polar surface area (TPSA) is 66.8 Å². The first-order chi connectivity index (χ1) is 7.77. The first-order valence-electron chi connectivity index (χ1n) is 5.06. The zero-order valence-corrected chi connectivity index (χ0v) is 10.7. The van der Waals surface area contributed by atoms with Gasteiger partial charge in [-0.3, -0.25) is 4.79 Å². The molecular formula is C12H15ClO4. The fourth-order valence-electron chi connectivity index (χ4n) is 1.78. The Morgan fingerprint density at radius 2 is 2.12 bits per heavy atom. The molecule has 0 fully saturated rings. The molecule has 0 amide bonds. The lowest BCUT2D eigenvalue weighted by Crippen LogP contribution is -2.26. The van der Waals surface area contributed by atoms with Crippen LogP contribution in [-0.2, 0) is 10.4 Å². The lowest BCUT2D eigenvalue weighted by molar-refractivity contribution is -0.142. The van der Waals surface area contributed by atoms with E-state index in [1.807, 2.05) is 0 Å². The van der Waals surface area contributed by atoms with Crippen molar-refractivity contribution in [3.8, 4) is 5.75 Å². The lowest BCUT2D eigenvalue weighted by Gasteiger charge is -2.24. The maximum absolute atomic E-state index is 10.7. The predicted molar refractivity (Wildman–Crippen MR) is 64.6 cm³/mol. The summed E-state index contributed by atoms with van der Waals surface area (Å²) in [6, 6.07) is 3.21. The summed E-state index contributed by atoms with van der Waals surface area (Å²) in [5.41, 5.74) is -0.227. The molecule has 0 aliphatic rings. The van der Waals surface area contributed by atoms with E-state index in [0.717, 1.165) is 5.56 Å². The number of hydrogen-bond acceptors (Lipinski definition) is 3. The van der Waals surface area contributed by atoms with Crippen LogP contribution in [0.25, 0.3) is 0 Å². The van der Waals surface area contributed by atoms with Gasteiger partial charge >= 0.3 is 5.97 Å². The highest BCUT2D eigenvalue weighted by Crippen LogP contribution is 2.34. The van der Waals surface area contributed by atoms with Gasteiger partial charge in [-0.05, 0) is 37.1 Å². The second-order valence-electron chi connectivity index (χ2n) is 4.15. The third-order valence-corrected chi connectivity index (χ3v) is 2.87. The summed E-state index contributed by atoms with van der Waals surface area (Å²) >= 11 is 5.96. The van der Waals surface area contributed by atoms with E-state index in [1.165, 1.54) is 14.0 Å². The number of hydrogen-bond donors (Lipinski definition) is 2. The molecule has 4 nitrogen and oxygen atoms in total. The predicted octanol–water partition coefficient (Wildman–Crippen LogP) is 2.34. The summed E-state index contributed by atoms with van der Waals surface area (Å²) in [5.74, 6) is -0.569. The van der Waals surface area contributed by atoms with Gasteiger partial charge in [0.1, 0.15) is 5.75 Å². The van der Waals surface area contributed by atoms with Gasteiger partial charge in [-0.15, -0.1) is 0 Å². The minimum absolute atomic E-state index is 0.346. The Morgan fingerprint density at radius 3 is 2.59 bits per heavy atom. The highest BCUT2D eigenvalue weighted by Gasteiger charge is 2.29. The van der Waals surface area contributed by atoms with Crippen molar-refractivity contribution in [2.45, 2.75) is 25.9 Å². The Balaban J connectivity index is 3.22. The molecule has 1 rings (SSSR count). The zero-order valence-electron chi connectivity index (χ0n) is 9.95. The van der Waals surface area contributed by atoms with Crippen LogP contribution in [0.5, 0.6) is 5.75 Å². The molecule has 0 spiro atoms. The molecule has 0 saturated carbocycles. The number of carboxylic acid groups (broad SMARTS) is 1. The summed E-state index contributed by atoms with van der Waals surface area (Å²) in [4.78, 5) is 10.7. The van der Waals surface area contributed by atoms with E-state index in [4.69, 9.17) is 21.4 Å². The van der Waals surface area contributed by atoms with Crippen molar-refractivity contribution < 1.29 is 19.7 Å². The van der Waals surface area contributed by atoms with E-state index in [0.29, 0.717) is 16.3 Å². The fourth-order valence-corrected chi connectivity index (χ4v) is 2.02. The Bertz CT molecular complexity index is 440. The van der Waals surface area contributed by atoms with Gasteiger partial charge in [0.25, 0.3) is 0 Å². The average molecular weight is 259 g/mol. The van der Waals surface area contributed by atoms with E-state index < -0.39 is 11.6 Å². The van der Waals surface area contributed by atoms with Crippen molar-refractivity contribution in [2.24, 2.45) is 0 Å². The Morgan fingerprint density at radius 1 is 1.53 bits per heavy atom. The molecule has 0 heterocycles. The number of carboxylic acids is 1. The summed E-state index contributed by atoms with van der Waals surface area (Å²) < 4.78 is 5.04. The molecule has 94 valence electrons. The maximum atomic E-state index is 10.7. The number of aryl methyl sites for hydroxylation is 1. The summed E-state index contributed by atoms with van der Waals surface area (Å²) in [5, 5.41) is 19.2. The molecule has 1 atom stereocenters. The number of halogens is 1. The normalized spacial score (nSPS) is 14.2. The van der Waals surface area contributed by atoms with Crippen LogP contribution in [0.2, 0.25) is 5.02 Å². The highest BCUT2D eigenvalue weighted by molar-refractivity contribution is 6.32. The largest absolute Gasteiger partial charge is 0.495 e. The third-order valence-electron chi connectivity index (χ3n) is 2.57. The number of methoxy groups -OCH3 is 1. The van der Waals surface area contributed by atoms with Crippen LogP contribution >= 0.6 is 11.6 Å². The minimum Gasteiger partial charge on any atom is -0.495 e. The smallest absolute Gasteiger partial charge is 0.306 e. The van der Waals surface area contributed by atoms with Gasteiger partial charge in [-0.1, -0.05) is 11.6 Å². The quantitative estimate of drug-likeness (QED) is 0.870. The van der Waals surface area contributed by atoms with Crippen molar-refractivity contribution >= 4 is 17.6 Å². The molecule has 17 heavy (non-hydrogen) atoms. The van der Waals surface area contributed by atoms with Gasteiger partial charge < -0.3 is 14.9 Å². The Hall–Kier alpha value is -1.26. The second-order valence-corrected chi connectivity index (χ2v) is 4.55. The fraction of sp³-hybridized carbons (Fsp3) is 0.417. The summed E-state index contributed by atoms with van der Waals surface area (Å²) in [6.45, 7) is 3.22. The van der Waals surface area contributed by atoms with Gasteiger partial charge in [0.05, 0.1) is 24.2 Å². The lowest BCUT2D eigenvalue weighted by atomic mass is 9.89. The first-order valence-corrected chi connectivity index (χ1v) is 5.44. The van der Waals surface area contributed by atoms with Crippen LogP contribution < -0.4 is 4.74 Å². The molecule has 0 radical (unpaired) electrons. The van der Waals surface area contributed by atoms with Crippen molar-refractivity contribution in [2.75, 3.05) is 7.11 Å². The van der Waals surface area contributed by atoms with Crippen molar-refractivity contribution in [3.63, 3.8) is 0 Å². The van der Waals surface area contributed by atoms with Crippen LogP contribution in [0.1, 0.15) is 24.5 Å². The van der Waals surface area contributed by atoms with E-state index in [-0.39, 0.29) is 6.42 Å². The number of aliphatic hydroxyl groups is 1. The van der Waals surface area contributed by atoms with Gasteiger partial charge in [-0.2, -0.15) is 0 Å². The number of ether oxygens (including phenoxy) is 1. The van der Waals surface area contributed by atoms with E-state index >= 15 is 0 Å². The monoisotopic (exact) mass is 258 g/mol. The van der Waals surface area contributed by atoms with E-state index in [1.54, 1.807) is 19.1 Å². The second kappa shape index (κ2) is 4.94. The Labute approximate surface area is 105 Å². The molecule has 2 N–H and O–H groups in total. The number of benzene rings is 1. The molecule has 5 heteroatoms. The third kappa shape index (κ3) is 3.11. The highest BCUT2D eigenvalue weighted by atomic mass is 35.5. The molecule has 0 bridgehead atoms. The van der Waals surface area contributed by atoms with Crippen LogP contribution in [-0.4, -0.2) is 23.3 Å². The average Bonchev–Trinajstić information content (AvgIpc) is 2.18. The SMILES string of the molecule is COc1cc(C)c(C(C)(O)CC(=O)O)cc1Cl. The van der Waals surface area contributed by atoms with Gasteiger partial charge in [0.2, 0.25) is 0 Å². The van der Waals surface area contributed by atoms with Crippen LogP contribution in [0.4, 0.5) is 0 Å². The molecule has 1 aromatic rings. The van der Waals surface area contributed by atoms with Crippen LogP contribution in [0.15, 0.2) is 12.1 Å². The van der Waals surface area contributed by atoms with Crippen LogP contribution in [0, 0.1) is 6.92 Å². The molecule has 1 aromatic carbocycles. The van der Waals surface area contributed by atoms with Crippen molar-refractivity contribution in [1.29, 1.82) is 0 Å². The number of carbonyl (C=O) groups is 1. The standard InChI is InChI=1S/C12H15ClO4/c1-7-4-10(17-3)9(13)5-8(7)12(2,16)6-11(14)15/h4-5,16H,6H2,1-3H3,(H,14,15). The Kier molecular flexibility index (Phi) is 4.01. The van der Waals surface area contributed by atoms with Crippen LogP contribution in [0.3, 0.4) is 0 Å². The molecule has 0 aromatic heterocycles. The number of rotatable bonds is 4. The van der Waals surface area contributed by atoms with E-state index in [2.05, 4.69) is 0 Å². The van der Waals surface area contributed by atoms with Gasteiger partial charge in [-0.25, -0.2) is 0 Å². The minimum atomic E-state index is -1.45. The van der Waals surface area contributed by atoms with Crippen molar-refractivity contribution in [3.05, 3.63) is 28.3 Å². The van der Waals surface area contributed by atoms with Gasteiger partial charge in [0.15, 0.2) is 0 Å². The summed E-state index contributed by atoms with van der Waals surface area (Å²) in [7, 11) is 1.50. The van der Waals surface area contributed by atoms with E-state index in [9.17, 15) is 9.90 Å². The zero-order chi connectivity index (χ0) is 13.2.